The molecule has 1 aliphatic carbocycles. The van der Waals surface area contributed by atoms with E-state index in [9.17, 15) is 4.79 Å². The van der Waals surface area contributed by atoms with E-state index in [1.807, 2.05) is 30.3 Å². The zero-order valence-corrected chi connectivity index (χ0v) is 21.4. The summed E-state index contributed by atoms with van der Waals surface area (Å²) >= 11 is 0. The standard InChI is InChI=1S/C27H36N4O6/c1-33-23-5-7-24(8-6-23)36-13-2-14-37-25-9-10-26-21(19-25)3-4-22(26)20-27(32)29-11-15-34-17-18-35-16-12-30-31-28/h5-10,19,22H,2-4,11-18,20H2,1H3,(H,29,32)/t22-/m0/s1. The van der Waals surface area contributed by atoms with Crippen molar-refractivity contribution in [1.82, 2.24) is 5.32 Å². The van der Waals surface area contributed by atoms with Crippen molar-refractivity contribution >= 4 is 5.91 Å². The summed E-state index contributed by atoms with van der Waals surface area (Å²) in [5, 5.41) is 6.31. The number of hydrogen-bond acceptors (Lipinski definition) is 7. The number of azide groups is 1. The molecule has 0 heterocycles. The second-order valence-corrected chi connectivity index (χ2v) is 8.56. The van der Waals surface area contributed by atoms with Gasteiger partial charge in [0.2, 0.25) is 5.91 Å². The molecule has 1 aliphatic rings. The van der Waals surface area contributed by atoms with Crippen molar-refractivity contribution in [2.75, 3.05) is 59.8 Å². The molecule has 10 heteroatoms. The fraction of sp³-hybridized carbons (Fsp3) is 0.519. The second-order valence-electron chi connectivity index (χ2n) is 8.56. The minimum Gasteiger partial charge on any atom is -0.497 e. The van der Waals surface area contributed by atoms with Crippen LogP contribution in [0.3, 0.4) is 0 Å². The number of hydrogen-bond donors (Lipinski definition) is 1. The van der Waals surface area contributed by atoms with Crippen LogP contribution in [0.15, 0.2) is 47.6 Å². The van der Waals surface area contributed by atoms with Crippen LogP contribution in [-0.4, -0.2) is 65.7 Å². The molecule has 0 saturated heterocycles. The Morgan fingerprint density at radius 3 is 2.43 bits per heavy atom. The number of carbonyl (C=O) groups excluding carboxylic acids is 1. The van der Waals surface area contributed by atoms with Gasteiger partial charge in [0.05, 0.1) is 46.8 Å². The zero-order chi connectivity index (χ0) is 26.1. The molecule has 0 spiro atoms. The quantitative estimate of drug-likeness (QED) is 0.136. The van der Waals surface area contributed by atoms with E-state index in [0.717, 1.165) is 36.5 Å². The number of nitrogens with zero attached hydrogens (tertiary/aromatic N) is 3. The van der Waals surface area contributed by atoms with Crippen LogP contribution in [0.1, 0.15) is 36.3 Å². The van der Waals surface area contributed by atoms with Gasteiger partial charge in [0.15, 0.2) is 0 Å². The number of nitrogens with one attached hydrogen (secondary N) is 1. The lowest BCUT2D eigenvalue weighted by atomic mass is 9.97. The predicted molar refractivity (Wildman–Crippen MR) is 139 cm³/mol. The number of carbonyl (C=O) groups is 1. The summed E-state index contributed by atoms with van der Waals surface area (Å²) < 4.78 is 27.5. The Morgan fingerprint density at radius 2 is 1.68 bits per heavy atom. The number of aryl methyl sites for hydroxylation is 1. The van der Waals surface area contributed by atoms with E-state index < -0.39 is 0 Å². The lowest BCUT2D eigenvalue weighted by molar-refractivity contribution is -0.121. The largest absolute Gasteiger partial charge is 0.497 e. The summed E-state index contributed by atoms with van der Waals surface area (Å²) in [5.74, 6) is 2.73. The van der Waals surface area contributed by atoms with Gasteiger partial charge in [-0.2, -0.15) is 0 Å². The van der Waals surface area contributed by atoms with E-state index in [2.05, 4.69) is 27.5 Å². The fourth-order valence-electron chi connectivity index (χ4n) is 4.13. The number of ether oxygens (including phenoxy) is 5. The molecule has 0 aliphatic heterocycles. The Hall–Kier alpha value is -3.46. The lowest BCUT2D eigenvalue weighted by Gasteiger charge is -2.13. The summed E-state index contributed by atoms with van der Waals surface area (Å²) in [6.07, 6.45) is 3.16. The van der Waals surface area contributed by atoms with Crippen molar-refractivity contribution in [3.05, 3.63) is 64.0 Å². The van der Waals surface area contributed by atoms with Crippen LogP contribution in [-0.2, 0) is 20.7 Å². The molecule has 1 atom stereocenters. The van der Waals surface area contributed by atoms with E-state index in [1.165, 1.54) is 11.1 Å². The molecule has 200 valence electrons. The van der Waals surface area contributed by atoms with Crippen molar-refractivity contribution in [2.45, 2.75) is 31.6 Å². The maximum Gasteiger partial charge on any atom is 0.220 e. The van der Waals surface area contributed by atoms with E-state index in [0.29, 0.717) is 59.2 Å². The molecular weight excluding hydrogens is 476 g/mol. The zero-order valence-electron chi connectivity index (χ0n) is 21.4. The highest BCUT2D eigenvalue weighted by atomic mass is 16.5. The van der Waals surface area contributed by atoms with Crippen molar-refractivity contribution in [3.63, 3.8) is 0 Å². The van der Waals surface area contributed by atoms with Crippen LogP contribution in [0.2, 0.25) is 0 Å². The Kier molecular flexibility index (Phi) is 12.4. The Labute approximate surface area is 217 Å². The number of fused-ring (bicyclic) bond motifs is 1. The molecule has 0 saturated carbocycles. The van der Waals surface area contributed by atoms with Crippen molar-refractivity contribution in [3.8, 4) is 17.2 Å². The molecule has 2 aromatic carbocycles. The maximum absolute atomic E-state index is 12.4. The van der Waals surface area contributed by atoms with Crippen LogP contribution < -0.4 is 19.5 Å². The molecule has 2 aromatic rings. The van der Waals surface area contributed by atoms with Crippen molar-refractivity contribution < 1.29 is 28.5 Å². The molecule has 0 aromatic heterocycles. The van der Waals surface area contributed by atoms with Crippen molar-refractivity contribution in [1.29, 1.82) is 0 Å². The van der Waals surface area contributed by atoms with Crippen LogP contribution in [0.25, 0.3) is 10.4 Å². The van der Waals surface area contributed by atoms with Gasteiger partial charge in [-0.25, -0.2) is 0 Å². The molecule has 37 heavy (non-hydrogen) atoms. The molecule has 0 bridgehead atoms. The number of rotatable bonds is 18. The highest BCUT2D eigenvalue weighted by Crippen LogP contribution is 2.37. The minimum atomic E-state index is 0.0317. The number of benzene rings is 2. The predicted octanol–water partition coefficient (Wildman–Crippen LogP) is 4.42. The smallest absolute Gasteiger partial charge is 0.220 e. The summed E-state index contributed by atoms with van der Waals surface area (Å²) in [7, 11) is 1.64. The van der Waals surface area contributed by atoms with Gasteiger partial charge < -0.3 is 29.0 Å². The van der Waals surface area contributed by atoms with Crippen molar-refractivity contribution in [2.24, 2.45) is 5.11 Å². The summed E-state index contributed by atoms with van der Waals surface area (Å²) in [6.45, 7) is 3.59. The Morgan fingerprint density at radius 1 is 0.973 bits per heavy atom. The molecule has 0 radical (unpaired) electrons. The minimum absolute atomic E-state index is 0.0317. The van der Waals surface area contributed by atoms with Gasteiger partial charge in [-0.3, -0.25) is 4.79 Å². The Bertz CT molecular complexity index is 1010. The van der Waals surface area contributed by atoms with Gasteiger partial charge >= 0.3 is 0 Å². The Balaban J connectivity index is 1.27. The van der Waals surface area contributed by atoms with E-state index in [1.54, 1.807) is 7.11 Å². The first kappa shape index (κ1) is 28.1. The van der Waals surface area contributed by atoms with Crippen LogP contribution >= 0.6 is 0 Å². The molecule has 0 fully saturated rings. The highest BCUT2D eigenvalue weighted by Gasteiger charge is 2.25. The number of amides is 1. The first-order valence-corrected chi connectivity index (χ1v) is 12.6. The van der Waals surface area contributed by atoms with Gasteiger partial charge in [-0.05, 0) is 71.8 Å². The van der Waals surface area contributed by atoms with Gasteiger partial charge in [0.25, 0.3) is 0 Å². The van der Waals surface area contributed by atoms with E-state index in [-0.39, 0.29) is 11.8 Å². The summed E-state index contributed by atoms with van der Waals surface area (Å²) in [6, 6.07) is 13.7. The number of methoxy groups -OCH3 is 1. The lowest BCUT2D eigenvalue weighted by Crippen LogP contribution is -2.28. The third kappa shape index (κ3) is 10.2. The third-order valence-corrected chi connectivity index (χ3v) is 5.97. The van der Waals surface area contributed by atoms with Gasteiger partial charge in [-0.1, -0.05) is 11.2 Å². The van der Waals surface area contributed by atoms with Crippen LogP contribution in [0, 0.1) is 0 Å². The second kappa shape index (κ2) is 16.3. The molecule has 1 amide bonds. The van der Waals surface area contributed by atoms with Gasteiger partial charge in [0, 0.05) is 30.8 Å². The maximum atomic E-state index is 12.4. The third-order valence-electron chi connectivity index (χ3n) is 5.97. The molecule has 3 rings (SSSR count). The molecule has 1 N–H and O–H groups in total. The first-order chi connectivity index (χ1) is 18.2. The van der Waals surface area contributed by atoms with E-state index in [4.69, 9.17) is 29.2 Å². The van der Waals surface area contributed by atoms with Gasteiger partial charge in [-0.15, -0.1) is 0 Å². The average molecular weight is 513 g/mol. The normalized spacial score (nSPS) is 13.9. The highest BCUT2D eigenvalue weighted by molar-refractivity contribution is 5.77. The molecule has 10 nitrogen and oxygen atoms in total. The molecule has 0 unspecified atom stereocenters. The first-order valence-electron chi connectivity index (χ1n) is 12.6. The summed E-state index contributed by atoms with van der Waals surface area (Å²) in [4.78, 5) is 15.0. The van der Waals surface area contributed by atoms with Crippen LogP contribution in [0.4, 0.5) is 0 Å². The van der Waals surface area contributed by atoms with E-state index >= 15 is 0 Å². The topological polar surface area (TPSA) is 124 Å². The summed E-state index contributed by atoms with van der Waals surface area (Å²) in [5.41, 5.74) is 10.7. The fourth-order valence-corrected chi connectivity index (χ4v) is 4.13. The monoisotopic (exact) mass is 512 g/mol. The average Bonchev–Trinajstić information content (AvgIpc) is 3.31. The van der Waals surface area contributed by atoms with Crippen LogP contribution in [0.5, 0.6) is 17.2 Å². The van der Waals surface area contributed by atoms with Gasteiger partial charge in [0.1, 0.15) is 17.2 Å². The SMILES string of the molecule is COc1ccc(OCCCOc2ccc3c(c2)CC[C@H]3CC(=O)NCCOCCOCCN=[N+]=[N-])cc1. The molecular formula is C27H36N4O6.